The van der Waals surface area contributed by atoms with E-state index in [-0.39, 0.29) is 4.90 Å². The number of benzene rings is 3. The van der Waals surface area contributed by atoms with E-state index in [9.17, 15) is 13.2 Å². The van der Waals surface area contributed by atoms with Crippen LogP contribution in [-0.4, -0.2) is 21.4 Å². The number of methoxy groups -OCH3 is 1. The Kier molecular flexibility index (Phi) is 6.10. The van der Waals surface area contributed by atoms with Gasteiger partial charge in [-0.1, -0.05) is 29.8 Å². The number of amides is 1. The lowest BCUT2D eigenvalue weighted by molar-refractivity contribution is 0.102. The van der Waals surface area contributed by atoms with Gasteiger partial charge in [0.25, 0.3) is 15.9 Å². The fraction of sp³-hybridized carbons (Fsp3) is 0.0952. The van der Waals surface area contributed by atoms with E-state index >= 15 is 0 Å². The number of carbonyl (C=O) groups is 1. The zero-order chi connectivity index (χ0) is 21.0. The summed E-state index contributed by atoms with van der Waals surface area (Å²) >= 11 is 6.14. The van der Waals surface area contributed by atoms with Crippen molar-refractivity contribution in [1.82, 2.24) is 0 Å². The first-order chi connectivity index (χ1) is 13.8. The molecular weight excluding hydrogens is 412 g/mol. The zero-order valence-corrected chi connectivity index (χ0v) is 17.3. The van der Waals surface area contributed by atoms with Crippen LogP contribution in [0.1, 0.15) is 15.9 Å². The number of ether oxygens (including phenoxy) is 1. The molecule has 0 bridgehead atoms. The molecule has 0 heterocycles. The van der Waals surface area contributed by atoms with Gasteiger partial charge in [-0.05, 0) is 61.0 Å². The molecule has 6 nitrogen and oxygen atoms in total. The Labute approximate surface area is 174 Å². The maximum Gasteiger partial charge on any atom is 0.262 e. The van der Waals surface area contributed by atoms with Gasteiger partial charge >= 0.3 is 0 Å². The number of sulfonamides is 1. The molecule has 29 heavy (non-hydrogen) atoms. The molecule has 0 radical (unpaired) electrons. The molecule has 0 aromatic heterocycles. The van der Waals surface area contributed by atoms with Gasteiger partial charge in [-0.25, -0.2) is 8.42 Å². The van der Waals surface area contributed by atoms with Gasteiger partial charge in [0, 0.05) is 5.56 Å². The Morgan fingerprint density at radius 1 is 0.966 bits per heavy atom. The van der Waals surface area contributed by atoms with Crippen molar-refractivity contribution in [2.45, 2.75) is 11.8 Å². The number of nitrogens with one attached hydrogen (secondary N) is 2. The van der Waals surface area contributed by atoms with Gasteiger partial charge < -0.3 is 10.1 Å². The standard InChI is InChI=1S/C21H19ClN2O4S/c1-14-7-12-18(17(22)13-14)23-21(25)15-8-10-16(11-9-15)29(26,27)24-19-5-3-4-6-20(19)28-2/h3-13,24H,1-2H3,(H,23,25). The second-order valence-corrected chi connectivity index (χ2v) is 8.36. The number of anilines is 2. The third-order valence-corrected chi connectivity index (χ3v) is 5.85. The van der Waals surface area contributed by atoms with Gasteiger partial charge in [-0.15, -0.1) is 0 Å². The van der Waals surface area contributed by atoms with Crippen LogP contribution in [-0.2, 0) is 10.0 Å². The van der Waals surface area contributed by atoms with Gasteiger partial charge in [0.15, 0.2) is 0 Å². The number of hydrogen-bond acceptors (Lipinski definition) is 4. The highest BCUT2D eigenvalue weighted by molar-refractivity contribution is 7.92. The molecule has 3 aromatic rings. The first-order valence-corrected chi connectivity index (χ1v) is 10.5. The van der Waals surface area contributed by atoms with Crippen LogP contribution in [0.4, 0.5) is 11.4 Å². The minimum Gasteiger partial charge on any atom is -0.495 e. The molecule has 0 saturated heterocycles. The Hall–Kier alpha value is -3.03. The van der Waals surface area contributed by atoms with Gasteiger partial charge in [0.05, 0.1) is 28.4 Å². The summed E-state index contributed by atoms with van der Waals surface area (Å²) in [4.78, 5) is 12.5. The summed E-state index contributed by atoms with van der Waals surface area (Å²) in [5, 5.41) is 3.14. The summed E-state index contributed by atoms with van der Waals surface area (Å²) in [6.45, 7) is 1.90. The molecule has 2 N–H and O–H groups in total. The number of halogens is 1. The topological polar surface area (TPSA) is 84.5 Å². The highest BCUT2D eigenvalue weighted by Gasteiger charge is 2.17. The molecule has 0 atom stereocenters. The Morgan fingerprint density at radius 3 is 2.31 bits per heavy atom. The molecular formula is C21H19ClN2O4S. The monoisotopic (exact) mass is 430 g/mol. The molecule has 0 aliphatic heterocycles. The van der Waals surface area contributed by atoms with Crippen LogP contribution in [0, 0.1) is 6.92 Å². The van der Waals surface area contributed by atoms with Crippen molar-refractivity contribution in [3.8, 4) is 5.75 Å². The number of hydrogen-bond donors (Lipinski definition) is 2. The van der Waals surface area contributed by atoms with E-state index in [2.05, 4.69) is 10.0 Å². The number of carbonyl (C=O) groups excluding carboxylic acids is 1. The van der Waals surface area contributed by atoms with Crippen molar-refractivity contribution in [1.29, 1.82) is 0 Å². The maximum absolute atomic E-state index is 12.6. The first-order valence-electron chi connectivity index (χ1n) is 8.63. The van der Waals surface area contributed by atoms with Crippen molar-refractivity contribution in [2.24, 2.45) is 0 Å². The maximum atomic E-state index is 12.6. The second kappa shape index (κ2) is 8.55. The third-order valence-electron chi connectivity index (χ3n) is 4.15. The summed E-state index contributed by atoms with van der Waals surface area (Å²) < 4.78 is 32.9. The number of aryl methyl sites for hydroxylation is 1. The van der Waals surface area contributed by atoms with Crippen molar-refractivity contribution in [2.75, 3.05) is 17.1 Å². The number of rotatable bonds is 6. The summed E-state index contributed by atoms with van der Waals surface area (Å²) in [7, 11) is -2.38. The predicted molar refractivity (Wildman–Crippen MR) is 114 cm³/mol. The van der Waals surface area contributed by atoms with Crippen molar-refractivity contribution in [3.05, 3.63) is 82.9 Å². The van der Waals surface area contributed by atoms with E-state index in [1.165, 1.54) is 31.4 Å². The van der Waals surface area contributed by atoms with Gasteiger partial charge in [-0.3, -0.25) is 9.52 Å². The largest absolute Gasteiger partial charge is 0.495 e. The van der Waals surface area contributed by atoms with E-state index in [0.717, 1.165) is 5.56 Å². The summed E-state index contributed by atoms with van der Waals surface area (Å²) in [5.74, 6) is 0.0134. The molecule has 0 spiro atoms. The lowest BCUT2D eigenvalue weighted by Crippen LogP contribution is -2.15. The minimum absolute atomic E-state index is 0.0216. The summed E-state index contributed by atoms with van der Waals surface area (Å²) in [5.41, 5.74) is 2.09. The molecule has 0 unspecified atom stereocenters. The predicted octanol–water partition coefficient (Wildman–Crippen LogP) is 4.71. The van der Waals surface area contributed by atoms with Crippen LogP contribution in [0.5, 0.6) is 5.75 Å². The average Bonchev–Trinajstić information content (AvgIpc) is 2.70. The fourth-order valence-electron chi connectivity index (χ4n) is 2.63. The zero-order valence-electron chi connectivity index (χ0n) is 15.8. The van der Waals surface area contributed by atoms with Gasteiger partial charge in [-0.2, -0.15) is 0 Å². The number of para-hydroxylation sites is 2. The molecule has 3 rings (SSSR count). The highest BCUT2D eigenvalue weighted by Crippen LogP contribution is 2.27. The van der Waals surface area contributed by atoms with E-state index in [1.807, 2.05) is 13.0 Å². The lowest BCUT2D eigenvalue weighted by atomic mass is 10.2. The summed E-state index contributed by atoms with van der Waals surface area (Å²) in [6.07, 6.45) is 0. The Balaban J connectivity index is 1.77. The van der Waals surface area contributed by atoms with E-state index in [1.54, 1.807) is 36.4 Å². The molecule has 1 amide bonds. The fourth-order valence-corrected chi connectivity index (χ4v) is 3.99. The molecule has 0 aliphatic rings. The first kappa shape index (κ1) is 20.7. The smallest absolute Gasteiger partial charge is 0.262 e. The van der Waals surface area contributed by atoms with E-state index in [0.29, 0.717) is 27.7 Å². The van der Waals surface area contributed by atoms with Crippen molar-refractivity contribution < 1.29 is 17.9 Å². The second-order valence-electron chi connectivity index (χ2n) is 6.27. The molecule has 150 valence electrons. The van der Waals surface area contributed by atoms with Crippen LogP contribution < -0.4 is 14.8 Å². The lowest BCUT2D eigenvalue weighted by Gasteiger charge is -2.12. The van der Waals surface area contributed by atoms with Crippen LogP contribution in [0.2, 0.25) is 5.02 Å². The Bertz CT molecular complexity index is 1150. The molecule has 3 aromatic carbocycles. The van der Waals surface area contributed by atoms with Crippen LogP contribution in [0.15, 0.2) is 71.6 Å². The van der Waals surface area contributed by atoms with Crippen LogP contribution in [0.3, 0.4) is 0 Å². The highest BCUT2D eigenvalue weighted by atomic mass is 35.5. The molecule has 0 fully saturated rings. The quantitative estimate of drug-likeness (QED) is 0.593. The van der Waals surface area contributed by atoms with E-state index < -0.39 is 15.9 Å². The molecule has 0 saturated carbocycles. The molecule has 8 heteroatoms. The van der Waals surface area contributed by atoms with Crippen molar-refractivity contribution >= 4 is 38.9 Å². The van der Waals surface area contributed by atoms with Crippen LogP contribution in [0.25, 0.3) is 0 Å². The average molecular weight is 431 g/mol. The normalized spacial score (nSPS) is 11.0. The van der Waals surface area contributed by atoms with Gasteiger partial charge in [0.1, 0.15) is 5.75 Å². The third kappa shape index (κ3) is 4.88. The SMILES string of the molecule is COc1ccccc1NS(=O)(=O)c1ccc(C(=O)Nc2ccc(C)cc2Cl)cc1. The van der Waals surface area contributed by atoms with Crippen molar-refractivity contribution in [3.63, 3.8) is 0 Å². The Morgan fingerprint density at radius 2 is 1.66 bits per heavy atom. The van der Waals surface area contributed by atoms with Gasteiger partial charge in [0.2, 0.25) is 0 Å². The minimum atomic E-state index is -3.84. The van der Waals surface area contributed by atoms with Crippen LogP contribution >= 0.6 is 11.6 Å². The molecule has 0 aliphatic carbocycles. The summed E-state index contributed by atoms with van der Waals surface area (Å²) in [6, 6.07) is 17.6. The van der Waals surface area contributed by atoms with E-state index in [4.69, 9.17) is 16.3 Å².